The van der Waals surface area contributed by atoms with E-state index in [1.807, 2.05) is 12.2 Å². The molecule has 0 saturated carbocycles. The predicted molar refractivity (Wildman–Crippen MR) is 131 cm³/mol. The van der Waals surface area contributed by atoms with E-state index in [0.29, 0.717) is 42.2 Å². The lowest BCUT2D eigenvalue weighted by Crippen LogP contribution is -2.20. The molecule has 0 unspecified atom stereocenters. The van der Waals surface area contributed by atoms with Crippen LogP contribution in [0.15, 0.2) is 54.7 Å². The Kier molecular flexibility index (Phi) is 7.66. The summed E-state index contributed by atoms with van der Waals surface area (Å²) >= 11 is 0. The molecular weight excluding hydrogens is 491 g/mol. The Labute approximate surface area is 210 Å². The molecule has 3 heterocycles. The topological polar surface area (TPSA) is 107 Å². The lowest BCUT2D eigenvalue weighted by atomic mass is 10.1. The number of hydrogen-bond donors (Lipinski definition) is 3. The highest BCUT2D eigenvalue weighted by Crippen LogP contribution is 2.37. The summed E-state index contributed by atoms with van der Waals surface area (Å²) in [6, 6.07) is 9.40. The molecule has 2 aliphatic rings. The molecule has 12 heteroatoms. The van der Waals surface area contributed by atoms with Crippen molar-refractivity contribution in [2.75, 3.05) is 38.0 Å². The number of ether oxygens (including phenoxy) is 3. The van der Waals surface area contributed by atoms with Crippen LogP contribution in [0.5, 0.6) is 17.2 Å². The van der Waals surface area contributed by atoms with Gasteiger partial charge in [-0.05, 0) is 36.8 Å². The summed E-state index contributed by atoms with van der Waals surface area (Å²) in [5.74, 6) is 0.134. The molecule has 37 heavy (non-hydrogen) atoms. The number of carbonyl (C=O) groups excluding carboxylic acids is 1. The number of alkyl halides is 3. The second-order valence-electron chi connectivity index (χ2n) is 7.78. The van der Waals surface area contributed by atoms with Crippen LogP contribution >= 0.6 is 0 Å². The van der Waals surface area contributed by atoms with Crippen LogP contribution in [-0.2, 0) is 6.18 Å². The van der Waals surface area contributed by atoms with Gasteiger partial charge in [0.05, 0.1) is 25.0 Å². The van der Waals surface area contributed by atoms with E-state index >= 15 is 0 Å². The van der Waals surface area contributed by atoms with Crippen molar-refractivity contribution in [1.29, 1.82) is 0 Å². The minimum absolute atomic E-state index is 0.0860. The lowest BCUT2D eigenvalue weighted by Gasteiger charge is -2.17. The highest BCUT2D eigenvalue weighted by molar-refractivity contribution is 6.00. The van der Waals surface area contributed by atoms with Crippen molar-refractivity contribution < 1.29 is 32.2 Å². The third-order valence-corrected chi connectivity index (χ3v) is 5.28. The number of amides is 1. The summed E-state index contributed by atoms with van der Waals surface area (Å²) in [6.45, 7) is 0.562. The first-order valence-corrected chi connectivity index (χ1v) is 11.2. The zero-order valence-electron chi connectivity index (χ0n) is 20.0. The van der Waals surface area contributed by atoms with Gasteiger partial charge in [-0.25, -0.2) is 4.98 Å². The molecule has 1 aromatic heterocycles. The summed E-state index contributed by atoms with van der Waals surface area (Å²) in [5, 5.41) is 8.02. The Balaban J connectivity index is 1.80. The molecule has 194 valence electrons. The van der Waals surface area contributed by atoms with Crippen LogP contribution in [0.3, 0.4) is 0 Å². The van der Waals surface area contributed by atoms with E-state index in [1.54, 1.807) is 24.3 Å². The standard InChI is InChI=1S/C25H24F3N5O4/c1-29-23(34)17-13-16-7-8-19(17)32-22-18(25(26,27)28)14-30-24(33-22)31-15-6-9-20(35-2)21(12-15)37-11-5-3-4-10-36-16/h3,5-9,12-14H,4,10-11H2,1-2H3,(H,29,34)(H2,30,31,32,33)/b5-3+. The van der Waals surface area contributed by atoms with E-state index in [0.717, 1.165) is 0 Å². The van der Waals surface area contributed by atoms with Crippen molar-refractivity contribution in [1.82, 2.24) is 15.3 Å². The smallest absolute Gasteiger partial charge is 0.421 e. The van der Waals surface area contributed by atoms with Crippen LogP contribution in [0.4, 0.5) is 36.3 Å². The van der Waals surface area contributed by atoms with Gasteiger partial charge in [0.2, 0.25) is 5.95 Å². The first-order chi connectivity index (χ1) is 17.8. The fourth-order valence-corrected chi connectivity index (χ4v) is 3.48. The lowest BCUT2D eigenvalue weighted by molar-refractivity contribution is -0.137. The minimum Gasteiger partial charge on any atom is -0.493 e. The molecule has 0 fully saturated rings. The average molecular weight is 515 g/mol. The van der Waals surface area contributed by atoms with Crippen molar-refractivity contribution >= 4 is 29.0 Å². The molecule has 0 saturated heterocycles. The summed E-state index contributed by atoms with van der Waals surface area (Å²) in [5.41, 5.74) is -0.438. The van der Waals surface area contributed by atoms with Crippen LogP contribution in [0.2, 0.25) is 0 Å². The molecule has 9 nitrogen and oxygen atoms in total. The van der Waals surface area contributed by atoms with Gasteiger partial charge in [-0.2, -0.15) is 18.2 Å². The Morgan fingerprint density at radius 3 is 2.70 bits per heavy atom. The number of anilines is 4. The van der Waals surface area contributed by atoms with Crippen LogP contribution < -0.4 is 30.2 Å². The highest BCUT2D eigenvalue weighted by atomic mass is 19.4. The van der Waals surface area contributed by atoms with Gasteiger partial charge in [-0.3, -0.25) is 4.79 Å². The number of fused-ring (bicyclic) bond motifs is 7. The molecule has 2 aliphatic heterocycles. The molecule has 0 aliphatic carbocycles. The molecule has 1 amide bonds. The maximum absolute atomic E-state index is 13.8. The van der Waals surface area contributed by atoms with Crippen molar-refractivity contribution in [2.45, 2.75) is 12.6 Å². The number of hydrogen-bond acceptors (Lipinski definition) is 8. The minimum atomic E-state index is -4.75. The first-order valence-electron chi connectivity index (χ1n) is 11.2. The second-order valence-corrected chi connectivity index (χ2v) is 7.78. The van der Waals surface area contributed by atoms with E-state index in [-0.39, 0.29) is 23.8 Å². The number of rotatable bonds is 2. The number of aromatic nitrogens is 2. The van der Waals surface area contributed by atoms with Gasteiger partial charge >= 0.3 is 6.18 Å². The van der Waals surface area contributed by atoms with Gasteiger partial charge in [0, 0.05) is 25.0 Å². The summed E-state index contributed by atoms with van der Waals surface area (Å²) in [4.78, 5) is 20.4. The quantitative estimate of drug-likeness (QED) is 0.407. The fourth-order valence-electron chi connectivity index (χ4n) is 3.48. The Hall–Kier alpha value is -4.48. The van der Waals surface area contributed by atoms with Crippen LogP contribution in [0.1, 0.15) is 22.3 Å². The summed E-state index contributed by atoms with van der Waals surface area (Å²) in [7, 11) is 2.92. The monoisotopic (exact) mass is 515 g/mol. The molecule has 3 aromatic rings. The van der Waals surface area contributed by atoms with E-state index in [2.05, 4.69) is 25.9 Å². The van der Waals surface area contributed by atoms with Gasteiger partial charge in [0.1, 0.15) is 23.7 Å². The van der Waals surface area contributed by atoms with E-state index in [9.17, 15) is 18.0 Å². The van der Waals surface area contributed by atoms with E-state index in [4.69, 9.17) is 14.2 Å². The van der Waals surface area contributed by atoms with Crippen molar-refractivity contribution in [3.63, 3.8) is 0 Å². The van der Waals surface area contributed by atoms with Crippen LogP contribution in [0, 0.1) is 0 Å². The zero-order chi connectivity index (χ0) is 26.4. The van der Waals surface area contributed by atoms with Crippen molar-refractivity contribution in [2.24, 2.45) is 0 Å². The van der Waals surface area contributed by atoms with Gasteiger partial charge < -0.3 is 30.2 Å². The molecule has 5 rings (SSSR count). The third-order valence-electron chi connectivity index (χ3n) is 5.28. The number of nitrogens with one attached hydrogen (secondary N) is 3. The number of nitrogens with zero attached hydrogens (tertiary/aromatic N) is 2. The van der Waals surface area contributed by atoms with Crippen LogP contribution in [-0.4, -0.2) is 43.2 Å². The van der Waals surface area contributed by atoms with Crippen LogP contribution in [0.25, 0.3) is 0 Å². The third kappa shape index (κ3) is 6.21. The maximum atomic E-state index is 13.8. The van der Waals surface area contributed by atoms with Crippen molar-refractivity contribution in [3.05, 3.63) is 65.9 Å². The number of benzene rings is 2. The highest BCUT2D eigenvalue weighted by Gasteiger charge is 2.35. The normalized spacial score (nSPS) is 14.4. The summed E-state index contributed by atoms with van der Waals surface area (Å²) in [6.07, 6.45) is 0.193. The number of halogens is 3. The molecular formula is C25H24F3N5O4. The molecule has 0 atom stereocenters. The van der Waals surface area contributed by atoms with E-state index in [1.165, 1.54) is 26.3 Å². The first kappa shape index (κ1) is 25.6. The predicted octanol–water partition coefficient (Wildman–Crippen LogP) is 5.07. The number of carbonyl (C=O) groups is 1. The maximum Gasteiger partial charge on any atom is 0.421 e. The van der Waals surface area contributed by atoms with Gasteiger partial charge in [-0.1, -0.05) is 12.2 Å². The Morgan fingerprint density at radius 1 is 1.11 bits per heavy atom. The second kappa shape index (κ2) is 11.1. The van der Waals surface area contributed by atoms with Gasteiger partial charge in [-0.15, -0.1) is 0 Å². The van der Waals surface area contributed by atoms with E-state index < -0.39 is 23.5 Å². The Bertz CT molecular complexity index is 1310. The molecule has 3 N–H and O–H groups in total. The molecule has 0 radical (unpaired) electrons. The fraction of sp³-hybridized carbons (Fsp3) is 0.240. The summed E-state index contributed by atoms with van der Waals surface area (Å²) < 4.78 is 58.2. The molecule has 6 bridgehead atoms. The van der Waals surface area contributed by atoms with Gasteiger partial charge in [0.25, 0.3) is 5.91 Å². The van der Waals surface area contributed by atoms with Gasteiger partial charge in [0.15, 0.2) is 11.5 Å². The number of methoxy groups -OCH3 is 1. The Morgan fingerprint density at radius 2 is 1.95 bits per heavy atom. The average Bonchev–Trinajstić information content (AvgIpc) is 2.87. The molecule has 0 spiro atoms. The van der Waals surface area contributed by atoms with Crippen molar-refractivity contribution in [3.8, 4) is 17.2 Å². The molecule has 2 aromatic carbocycles. The largest absolute Gasteiger partial charge is 0.493 e. The zero-order valence-corrected chi connectivity index (χ0v) is 20.0. The SMILES string of the molecule is CNC(=O)c1cc2ccc1Nc1nc(ncc1C(F)(F)F)Nc1ccc(OC)c(c1)OC/C=C/CCO2.